The van der Waals surface area contributed by atoms with Gasteiger partial charge < -0.3 is 14.9 Å². The summed E-state index contributed by atoms with van der Waals surface area (Å²) in [5, 5.41) is 6.64. The van der Waals surface area contributed by atoms with E-state index in [0.29, 0.717) is 32.0 Å². The maximum Gasteiger partial charge on any atom is 0.268 e. The highest BCUT2D eigenvalue weighted by Crippen LogP contribution is 2.26. The molecular weight excluding hydrogens is 449 g/mol. The Balaban J connectivity index is 1.40. The van der Waals surface area contributed by atoms with Gasteiger partial charge in [-0.05, 0) is 36.4 Å². The van der Waals surface area contributed by atoms with Crippen LogP contribution in [0.4, 0.5) is 10.1 Å². The second kappa shape index (κ2) is 8.91. The van der Waals surface area contributed by atoms with Gasteiger partial charge in [-0.3, -0.25) is 4.79 Å². The van der Waals surface area contributed by atoms with Crippen molar-refractivity contribution >= 4 is 38.9 Å². The number of carbonyl (C=O) groups is 1. The Morgan fingerprint density at radius 2 is 1.87 bits per heavy atom. The van der Waals surface area contributed by atoms with E-state index >= 15 is 0 Å². The summed E-state index contributed by atoms with van der Waals surface area (Å²) in [5.74, 6) is -1.04. The van der Waals surface area contributed by atoms with Crippen LogP contribution in [0.2, 0.25) is 5.02 Å². The van der Waals surface area contributed by atoms with Crippen LogP contribution in [0.25, 0.3) is 0 Å². The van der Waals surface area contributed by atoms with Crippen molar-refractivity contribution in [2.45, 2.75) is 17.4 Å². The van der Waals surface area contributed by atoms with Crippen LogP contribution in [0.3, 0.4) is 0 Å². The van der Waals surface area contributed by atoms with Crippen LogP contribution in [0.1, 0.15) is 12.0 Å². The molecule has 31 heavy (non-hydrogen) atoms. The lowest BCUT2D eigenvalue weighted by Gasteiger charge is -2.26. The number of ether oxygens (including phenoxy) is 1. The molecule has 1 fully saturated rings. The number of morpholine rings is 1. The third-order valence-electron chi connectivity index (χ3n) is 4.94. The fourth-order valence-corrected chi connectivity index (χ4v) is 4.99. The van der Waals surface area contributed by atoms with Crippen LogP contribution in [-0.2, 0) is 24.4 Å². The van der Waals surface area contributed by atoms with E-state index in [1.165, 1.54) is 46.8 Å². The lowest BCUT2D eigenvalue weighted by molar-refractivity contribution is -0.125. The molecule has 4 rings (SSSR count). The zero-order chi connectivity index (χ0) is 22.0. The van der Waals surface area contributed by atoms with Gasteiger partial charge in [0.2, 0.25) is 16.1 Å². The van der Waals surface area contributed by atoms with Crippen molar-refractivity contribution in [3.8, 4) is 0 Å². The summed E-state index contributed by atoms with van der Waals surface area (Å²) in [4.78, 5) is 17.8. The standard InChI is InChI=1S/C20H19ClFN3O5S/c21-15-2-1-3-16(22)19(15)17-12-18(30-24-17)20(26)23-13-4-6-14(7-5-13)31(27,28)25-8-10-29-11-9-25/h1-7,18H,8-12H2,(H,23,26). The molecule has 1 saturated heterocycles. The number of benzene rings is 2. The quantitative estimate of drug-likeness (QED) is 0.729. The molecule has 11 heteroatoms. The van der Waals surface area contributed by atoms with Gasteiger partial charge >= 0.3 is 0 Å². The predicted octanol–water partition coefficient (Wildman–Crippen LogP) is 2.63. The Hall–Kier alpha value is -2.53. The van der Waals surface area contributed by atoms with Crippen molar-refractivity contribution in [3.05, 3.63) is 58.9 Å². The second-order valence-corrected chi connectivity index (χ2v) is 9.31. The highest BCUT2D eigenvalue weighted by molar-refractivity contribution is 7.89. The van der Waals surface area contributed by atoms with Crippen LogP contribution in [0.5, 0.6) is 0 Å². The van der Waals surface area contributed by atoms with Crippen molar-refractivity contribution in [2.24, 2.45) is 5.16 Å². The zero-order valence-corrected chi connectivity index (χ0v) is 17.8. The molecule has 1 unspecified atom stereocenters. The zero-order valence-electron chi connectivity index (χ0n) is 16.3. The molecule has 0 saturated carbocycles. The fourth-order valence-electron chi connectivity index (χ4n) is 3.31. The van der Waals surface area contributed by atoms with E-state index in [1.807, 2.05) is 0 Å². The van der Waals surface area contributed by atoms with Crippen LogP contribution < -0.4 is 5.32 Å². The number of hydrogen-bond donors (Lipinski definition) is 1. The third-order valence-corrected chi connectivity index (χ3v) is 7.17. The Kier molecular flexibility index (Phi) is 6.24. The minimum absolute atomic E-state index is 0.0516. The topological polar surface area (TPSA) is 97.3 Å². The summed E-state index contributed by atoms with van der Waals surface area (Å²) in [5.41, 5.74) is 0.749. The van der Waals surface area contributed by atoms with E-state index in [-0.39, 0.29) is 27.6 Å². The van der Waals surface area contributed by atoms with Gasteiger partial charge in [0.1, 0.15) is 5.82 Å². The number of anilines is 1. The Morgan fingerprint density at radius 1 is 1.16 bits per heavy atom. The average molecular weight is 468 g/mol. The lowest BCUT2D eigenvalue weighted by atomic mass is 10.0. The molecule has 2 aromatic rings. The molecule has 0 aliphatic carbocycles. The van der Waals surface area contributed by atoms with Crippen LogP contribution in [0, 0.1) is 5.82 Å². The smallest absolute Gasteiger partial charge is 0.268 e. The molecule has 2 aliphatic rings. The first-order valence-corrected chi connectivity index (χ1v) is 11.3. The number of nitrogens with one attached hydrogen (secondary N) is 1. The predicted molar refractivity (Wildman–Crippen MR) is 112 cm³/mol. The summed E-state index contributed by atoms with van der Waals surface area (Å²) in [6.07, 6.45) is -0.905. The molecular formula is C20H19ClFN3O5S. The number of carbonyl (C=O) groups excluding carboxylic acids is 1. The first-order chi connectivity index (χ1) is 14.9. The minimum atomic E-state index is -3.62. The highest BCUT2D eigenvalue weighted by Gasteiger charge is 2.31. The van der Waals surface area contributed by atoms with E-state index in [1.54, 1.807) is 0 Å². The minimum Gasteiger partial charge on any atom is -0.382 e. The van der Waals surface area contributed by atoms with E-state index in [2.05, 4.69) is 10.5 Å². The maximum absolute atomic E-state index is 14.1. The SMILES string of the molecule is O=C(Nc1ccc(S(=O)(=O)N2CCOCC2)cc1)C1CC(c2c(F)cccc2Cl)=NO1. The summed E-state index contributed by atoms with van der Waals surface area (Å²) in [6, 6.07) is 10.1. The number of hydrogen-bond acceptors (Lipinski definition) is 6. The van der Waals surface area contributed by atoms with Gasteiger partial charge in [-0.15, -0.1) is 0 Å². The average Bonchev–Trinajstić information content (AvgIpc) is 3.24. The van der Waals surface area contributed by atoms with Crippen molar-refractivity contribution in [2.75, 3.05) is 31.6 Å². The van der Waals surface area contributed by atoms with E-state index < -0.39 is 27.9 Å². The normalized spacial score (nSPS) is 19.5. The third kappa shape index (κ3) is 4.57. The molecule has 2 aliphatic heterocycles. The molecule has 1 atom stereocenters. The monoisotopic (exact) mass is 467 g/mol. The van der Waals surface area contributed by atoms with E-state index in [4.69, 9.17) is 21.2 Å². The molecule has 0 bridgehead atoms. The number of halogens is 2. The summed E-state index contributed by atoms with van der Waals surface area (Å²) in [7, 11) is -3.62. The van der Waals surface area contributed by atoms with Gasteiger partial charge in [-0.1, -0.05) is 22.8 Å². The summed E-state index contributed by atoms with van der Waals surface area (Å²) < 4.78 is 45.9. The Bertz CT molecular complexity index is 1100. The van der Waals surface area contributed by atoms with Crippen LogP contribution in [0.15, 0.2) is 52.5 Å². The fraction of sp³-hybridized carbons (Fsp3) is 0.300. The molecule has 2 heterocycles. The van der Waals surface area contributed by atoms with Crippen molar-refractivity contribution in [1.82, 2.24) is 4.31 Å². The number of nitrogens with zero attached hydrogens (tertiary/aromatic N) is 2. The van der Waals surface area contributed by atoms with Gasteiger partial charge in [-0.25, -0.2) is 12.8 Å². The molecule has 1 amide bonds. The number of amides is 1. The van der Waals surface area contributed by atoms with Crippen molar-refractivity contribution < 1.29 is 27.2 Å². The van der Waals surface area contributed by atoms with Gasteiger partial charge in [0.15, 0.2) is 0 Å². The van der Waals surface area contributed by atoms with Crippen LogP contribution in [-0.4, -0.2) is 56.7 Å². The highest BCUT2D eigenvalue weighted by atomic mass is 35.5. The van der Waals surface area contributed by atoms with Gasteiger partial charge in [-0.2, -0.15) is 4.31 Å². The summed E-state index contributed by atoms with van der Waals surface area (Å²) in [6.45, 7) is 1.32. The maximum atomic E-state index is 14.1. The molecule has 0 aromatic heterocycles. The van der Waals surface area contributed by atoms with Gasteiger partial charge in [0.25, 0.3) is 5.91 Å². The van der Waals surface area contributed by atoms with E-state index in [9.17, 15) is 17.6 Å². The Labute approximate surface area is 183 Å². The Morgan fingerprint density at radius 3 is 2.55 bits per heavy atom. The number of oxime groups is 1. The van der Waals surface area contributed by atoms with Gasteiger partial charge in [0.05, 0.1) is 34.4 Å². The summed E-state index contributed by atoms with van der Waals surface area (Å²) >= 11 is 6.04. The molecule has 8 nitrogen and oxygen atoms in total. The van der Waals surface area contributed by atoms with E-state index in [0.717, 1.165) is 0 Å². The largest absolute Gasteiger partial charge is 0.382 e. The molecule has 2 aromatic carbocycles. The molecule has 164 valence electrons. The second-order valence-electron chi connectivity index (χ2n) is 6.96. The number of rotatable bonds is 5. The molecule has 1 N–H and O–H groups in total. The van der Waals surface area contributed by atoms with Crippen molar-refractivity contribution in [1.29, 1.82) is 0 Å². The van der Waals surface area contributed by atoms with Gasteiger partial charge in [0, 0.05) is 25.2 Å². The first kappa shape index (κ1) is 21.7. The van der Waals surface area contributed by atoms with Crippen molar-refractivity contribution in [3.63, 3.8) is 0 Å². The molecule has 0 spiro atoms. The lowest BCUT2D eigenvalue weighted by Crippen LogP contribution is -2.40. The number of sulfonamides is 1. The van der Waals surface area contributed by atoms with Crippen LogP contribution >= 0.6 is 11.6 Å². The molecule has 0 radical (unpaired) electrons. The first-order valence-electron chi connectivity index (χ1n) is 9.52.